The monoisotopic (exact) mass is 370 g/mol. The zero-order valence-corrected chi connectivity index (χ0v) is 17.5. The second-order valence-corrected chi connectivity index (χ2v) is 10.5. The zero-order chi connectivity index (χ0) is 18.8. The van der Waals surface area contributed by atoms with Crippen LogP contribution in [0.4, 0.5) is 10.6 Å². The summed E-state index contributed by atoms with van der Waals surface area (Å²) >= 11 is 6.11. The fraction of sp³-hybridized carbons (Fsp3) is 0.647. The van der Waals surface area contributed by atoms with E-state index in [1.807, 2.05) is 13.8 Å². The van der Waals surface area contributed by atoms with E-state index in [1.165, 1.54) is 0 Å². The number of carbonyl (C=O) groups is 1. The van der Waals surface area contributed by atoms with Crippen molar-refractivity contribution >= 4 is 33.3 Å². The number of rotatable bonds is 4. The fourth-order valence-corrected chi connectivity index (χ4v) is 2.54. The number of hydrogen-bond donors (Lipinski definition) is 1. The highest BCUT2D eigenvalue weighted by Crippen LogP contribution is 2.31. The number of anilines is 1. The molecule has 0 aliphatic carbocycles. The summed E-state index contributed by atoms with van der Waals surface area (Å²) in [5.41, 5.74) is -0.296. The van der Waals surface area contributed by atoms with Gasteiger partial charge in [-0.15, -0.1) is 0 Å². The Labute approximate surface area is 152 Å². The molecule has 0 aliphatic rings. The SMILES string of the molecule is CC(C)(C)OC(=O)Nc1cc(C(C)(C)O[Si]C(C)(C)C)cc(Cl)n1. The normalized spacial score (nSPS) is 12.9. The first-order chi connectivity index (χ1) is 10.7. The van der Waals surface area contributed by atoms with Crippen LogP contribution in [-0.4, -0.2) is 26.4 Å². The Morgan fingerprint density at radius 1 is 1.12 bits per heavy atom. The molecule has 24 heavy (non-hydrogen) atoms. The number of pyridine rings is 1. The van der Waals surface area contributed by atoms with Crippen LogP contribution in [0.15, 0.2) is 12.1 Å². The van der Waals surface area contributed by atoms with Crippen LogP contribution in [0.3, 0.4) is 0 Å². The average molecular weight is 371 g/mol. The molecule has 1 heterocycles. The highest BCUT2D eigenvalue weighted by molar-refractivity contribution is 6.32. The van der Waals surface area contributed by atoms with Crippen LogP contribution >= 0.6 is 11.6 Å². The van der Waals surface area contributed by atoms with Gasteiger partial charge >= 0.3 is 6.09 Å². The number of halogens is 1. The van der Waals surface area contributed by atoms with Crippen molar-refractivity contribution in [1.82, 2.24) is 4.98 Å². The summed E-state index contributed by atoms with van der Waals surface area (Å²) in [6.07, 6.45) is -0.571. The second kappa shape index (κ2) is 7.41. The summed E-state index contributed by atoms with van der Waals surface area (Å²) in [5.74, 6) is 0.336. The number of amides is 1. The lowest BCUT2D eigenvalue weighted by molar-refractivity contribution is 0.0635. The Hall–Kier alpha value is -1.11. The first kappa shape index (κ1) is 20.9. The van der Waals surface area contributed by atoms with Crippen molar-refractivity contribution in [1.29, 1.82) is 0 Å². The van der Waals surface area contributed by atoms with Gasteiger partial charge in [0, 0.05) is 0 Å². The van der Waals surface area contributed by atoms with Gasteiger partial charge in [0.15, 0.2) is 0 Å². The topological polar surface area (TPSA) is 60.5 Å². The number of nitrogens with zero attached hydrogens (tertiary/aromatic N) is 1. The van der Waals surface area contributed by atoms with Crippen LogP contribution < -0.4 is 5.32 Å². The molecule has 0 saturated carbocycles. The Morgan fingerprint density at radius 3 is 2.21 bits per heavy atom. The van der Waals surface area contributed by atoms with Crippen LogP contribution in [0, 0.1) is 0 Å². The fourth-order valence-electron chi connectivity index (χ4n) is 1.66. The molecule has 1 aromatic heterocycles. The van der Waals surface area contributed by atoms with Crippen molar-refractivity contribution in [3.05, 3.63) is 22.8 Å². The molecule has 1 rings (SSSR count). The standard InChI is InChI=1S/C17H27ClN2O3Si/c1-15(2,3)22-14(21)20-13-10-11(9-12(18)19-13)17(7,8)23-24-16(4,5)6/h9-10H,1-8H3,(H,19,20,21). The predicted octanol–water partition coefficient (Wildman–Crippen LogP) is 5.17. The smallest absolute Gasteiger partial charge is 0.413 e. The third kappa shape index (κ3) is 7.64. The molecule has 134 valence electrons. The lowest BCUT2D eigenvalue weighted by Crippen LogP contribution is -2.29. The maximum Gasteiger partial charge on any atom is 0.413 e. The molecule has 1 N–H and O–H groups in total. The molecule has 0 aromatic carbocycles. The van der Waals surface area contributed by atoms with E-state index >= 15 is 0 Å². The third-order valence-corrected chi connectivity index (χ3v) is 4.15. The van der Waals surface area contributed by atoms with Gasteiger partial charge in [-0.2, -0.15) is 0 Å². The van der Waals surface area contributed by atoms with Crippen molar-refractivity contribution in [2.75, 3.05) is 5.32 Å². The van der Waals surface area contributed by atoms with Crippen LogP contribution in [0.25, 0.3) is 0 Å². The minimum atomic E-state index is -0.582. The van der Waals surface area contributed by atoms with Crippen LogP contribution in [-0.2, 0) is 14.8 Å². The average Bonchev–Trinajstić information content (AvgIpc) is 2.32. The minimum absolute atomic E-state index is 0.0751. The molecule has 2 radical (unpaired) electrons. The van der Waals surface area contributed by atoms with Crippen LogP contribution in [0.1, 0.15) is 61.0 Å². The minimum Gasteiger partial charge on any atom is -0.444 e. The lowest BCUT2D eigenvalue weighted by atomic mass is 10.00. The summed E-state index contributed by atoms with van der Waals surface area (Å²) in [7, 11) is 0.325. The summed E-state index contributed by atoms with van der Waals surface area (Å²) < 4.78 is 11.3. The Balaban J connectivity index is 2.94. The van der Waals surface area contributed by atoms with Gasteiger partial charge in [0.25, 0.3) is 0 Å². The lowest BCUT2D eigenvalue weighted by Gasteiger charge is -2.30. The second-order valence-electron chi connectivity index (χ2n) is 8.16. The van der Waals surface area contributed by atoms with Crippen molar-refractivity contribution < 1.29 is 14.0 Å². The highest BCUT2D eigenvalue weighted by atomic mass is 35.5. The van der Waals surface area contributed by atoms with Gasteiger partial charge in [-0.1, -0.05) is 32.4 Å². The molecule has 0 fully saturated rings. The molecule has 7 heteroatoms. The molecule has 0 spiro atoms. The molecular weight excluding hydrogens is 344 g/mol. The highest BCUT2D eigenvalue weighted by Gasteiger charge is 2.27. The first-order valence-corrected chi connectivity index (χ1v) is 9.10. The molecule has 0 saturated heterocycles. The molecular formula is C17H27ClN2O3Si. The van der Waals surface area contributed by atoms with E-state index in [9.17, 15) is 4.79 Å². The Morgan fingerprint density at radius 2 is 1.71 bits per heavy atom. The van der Waals surface area contributed by atoms with Crippen molar-refractivity contribution in [2.45, 2.75) is 71.6 Å². The summed E-state index contributed by atoms with van der Waals surface area (Å²) in [6.45, 7) is 15.7. The van der Waals surface area contributed by atoms with E-state index < -0.39 is 17.3 Å². The molecule has 0 atom stereocenters. The van der Waals surface area contributed by atoms with E-state index in [2.05, 4.69) is 31.1 Å². The van der Waals surface area contributed by atoms with Gasteiger partial charge in [-0.3, -0.25) is 5.32 Å². The van der Waals surface area contributed by atoms with Gasteiger partial charge in [0.05, 0.1) is 5.60 Å². The molecule has 0 bridgehead atoms. The molecule has 5 nitrogen and oxygen atoms in total. The third-order valence-electron chi connectivity index (χ3n) is 2.73. The number of ether oxygens (including phenoxy) is 1. The van der Waals surface area contributed by atoms with Crippen LogP contribution in [0.2, 0.25) is 10.2 Å². The van der Waals surface area contributed by atoms with E-state index in [0.717, 1.165) is 5.56 Å². The van der Waals surface area contributed by atoms with Gasteiger partial charge in [0.2, 0.25) is 9.76 Å². The number of aromatic nitrogens is 1. The number of carbonyl (C=O) groups excluding carboxylic acids is 1. The van der Waals surface area contributed by atoms with E-state index in [1.54, 1.807) is 32.9 Å². The Kier molecular flexibility index (Phi) is 6.47. The number of hydrogen-bond acceptors (Lipinski definition) is 4. The molecule has 1 amide bonds. The zero-order valence-electron chi connectivity index (χ0n) is 15.7. The van der Waals surface area contributed by atoms with Crippen molar-refractivity contribution in [2.24, 2.45) is 0 Å². The van der Waals surface area contributed by atoms with E-state index in [4.69, 9.17) is 20.8 Å². The van der Waals surface area contributed by atoms with Gasteiger partial charge in [-0.25, -0.2) is 9.78 Å². The molecule has 0 aliphatic heterocycles. The molecule has 1 aromatic rings. The quantitative estimate of drug-likeness (QED) is 0.586. The first-order valence-electron chi connectivity index (χ1n) is 7.81. The number of nitrogens with one attached hydrogen (secondary N) is 1. The summed E-state index contributed by atoms with van der Waals surface area (Å²) in [4.78, 5) is 16.0. The van der Waals surface area contributed by atoms with Crippen molar-refractivity contribution in [3.8, 4) is 0 Å². The van der Waals surface area contributed by atoms with Gasteiger partial charge < -0.3 is 9.16 Å². The molecule has 0 unspecified atom stereocenters. The Bertz CT molecular complexity index is 592. The van der Waals surface area contributed by atoms with Gasteiger partial charge in [-0.05, 0) is 57.4 Å². The maximum atomic E-state index is 11.9. The predicted molar refractivity (Wildman–Crippen MR) is 98.7 cm³/mol. The summed E-state index contributed by atoms with van der Waals surface area (Å²) in [6, 6.07) is 3.50. The van der Waals surface area contributed by atoms with E-state index in [0.29, 0.717) is 15.6 Å². The largest absolute Gasteiger partial charge is 0.444 e. The van der Waals surface area contributed by atoms with Crippen LogP contribution in [0.5, 0.6) is 0 Å². The van der Waals surface area contributed by atoms with Crippen molar-refractivity contribution in [3.63, 3.8) is 0 Å². The van der Waals surface area contributed by atoms with E-state index in [-0.39, 0.29) is 10.2 Å². The van der Waals surface area contributed by atoms with Gasteiger partial charge in [0.1, 0.15) is 16.6 Å². The summed E-state index contributed by atoms with van der Waals surface area (Å²) in [5, 5.41) is 2.98. The maximum absolute atomic E-state index is 11.9.